The lowest BCUT2D eigenvalue weighted by atomic mass is 10.00. The van der Waals surface area contributed by atoms with E-state index in [0.717, 1.165) is 0 Å². The number of carboxylic acids is 1. The van der Waals surface area contributed by atoms with E-state index in [9.17, 15) is 19.2 Å². The number of hydrogen-bond donors (Lipinski definition) is 4. The Hall–Kier alpha value is -2.16. The fourth-order valence-electron chi connectivity index (χ4n) is 2.61. The molecule has 3 amide bonds. The monoisotopic (exact) mass is 371 g/mol. The molecule has 0 aliphatic carbocycles. The van der Waals surface area contributed by atoms with E-state index < -0.39 is 42.1 Å². The van der Waals surface area contributed by atoms with Crippen LogP contribution in [0.25, 0.3) is 0 Å². The number of ether oxygens (including phenoxy) is 1. The highest BCUT2D eigenvalue weighted by Crippen LogP contribution is 2.22. The Morgan fingerprint density at radius 2 is 1.38 bits per heavy atom. The van der Waals surface area contributed by atoms with Crippen LogP contribution in [0, 0.1) is 11.8 Å². The van der Waals surface area contributed by atoms with Gasteiger partial charge < -0.3 is 25.8 Å². The lowest BCUT2D eigenvalue weighted by molar-refractivity contribution is -0.138. The van der Waals surface area contributed by atoms with Crippen molar-refractivity contribution in [3.05, 3.63) is 0 Å². The third kappa shape index (κ3) is 6.62. The van der Waals surface area contributed by atoms with Gasteiger partial charge in [-0.15, -0.1) is 0 Å². The molecule has 0 aromatic carbocycles. The maximum atomic E-state index is 12.6. The minimum absolute atomic E-state index is 0.102. The van der Waals surface area contributed by atoms with Crippen molar-refractivity contribution in [2.45, 2.75) is 64.8 Å². The van der Waals surface area contributed by atoms with Gasteiger partial charge in [-0.2, -0.15) is 0 Å². The minimum atomic E-state index is -1.22. The van der Waals surface area contributed by atoms with Crippen molar-refractivity contribution < 1.29 is 29.0 Å². The van der Waals surface area contributed by atoms with Crippen LogP contribution in [0.1, 0.15) is 40.5 Å². The highest BCUT2D eigenvalue weighted by molar-refractivity contribution is 5.96. The van der Waals surface area contributed by atoms with E-state index in [1.807, 2.05) is 27.7 Å². The normalized spacial score (nSPS) is 21.0. The van der Waals surface area contributed by atoms with Gasteiger partial charge in [0.1, 0.15) is 12.1 Å². The average molecular weight is 371 g/mol. The molecule has 4 atom stereocenters. The second-order valence-electron chi connectivity index (χ2n) is 7.31. The van der Waals surface area contributed by atoms with Gasteiger partial charge in [0.15, 0.2) is 12.2 Å². The van der Waals surface area contributed by atoms with Crippen molar-refractivity contribution in [3.63, 3.8) is 0 Å². The third-order valence-electron chi connectivity index (χ3n) is 3.92. The van der Waals surface area contributed by atoms with Crippen LogP contribution >= 0.6 is 0 Å². The zero-order valence-electron chi connectivity index (χ0n) is 15.9. The van der Waals surface area contributed by atoms with Crippen LogP contribution in [0.5, 0.6) is 0 Å². The Kier molecular flexibility index (Phi) is 8.01. The van der Waals surface area contributed by atoms with Crippen LogP contribution in [-0.4, -0.2) is 60.1 Å². The topological polar surface area (TPSA) is 137 Å². The molecule has 0 aromatic rings. The molecule has 26 heavy (non-hydrogen) atoms. The van der Waals surface area contributed by atoms with Gasteiger partial charge in [0, 0.05) is 7.05 Å². The molecule has 1 fully saturated rings. The van der Waals surface area contributed by atoms with Gasteiger partial charge in [0.05, 0.1) is 0 Å². The molecular weight excluding hydrogens is 342 g/mol. The van der Waals surface area contributed by atoms with Gasteiger partial charge in [0.25, 0.3) is 5.91 Å². The highest BCUT2D eigenvalue weighted by Gasteiger charge is 2.51. The summed E-state index contributed by atoms with van der Waals surface area (Å²) in [6, 6.07) is -1.58. The van der Waals surface area contributed by atoms with Gasteiger partial charge in [0.2, 0.25) is 11.8 Å². The lowest BCUT2D eigenvalue weighted by Crippen LogP contribution is -2.54. The van der Waals surface area contributed by atoms with Crippen molar-refractivity contribution in [1.29, 1.82) is 0 Å². The molecule has 1 aliphatic heterocycles. The summed E-state index contributed by atoms with van der Waals surface area (Å²) in [6.07, 6.45) is -1.44. The van der Waals surface area contributed by atoms with Crippen LogP contribution in [-0.2, 0) is 23.9 Å². The van der Waals surface area contributed by atoms with E-state index in [0.29, 0.717) is 12.8 Å². The molecule has 0 spiro atoms. The largest absolute Gasteiger partial charge is 0.479 e. The molecule has 2 unspecified atom stereocenters. The van der Waals surface area contributed by atoms with Crippen LogP contribution in [0.2, 0.25) is 0 Å². The molecule has 0 saturated carbocycles. The molecule has 1 aliphatic rings. The van der Waals surface area contributed by atoms with Crippen LogP contribution in [0.4, 0.5) is 0 Å². The summed E-state index contributed by atoms with van der Waals surface area (Å²) in [5.74, 6) is -2.35. The van der Waals surface area contributed by atoms with Gasteiger partial charge in [-0.1, -0.05) is 27.7 Å². The molecule has 9 nitrogen and oxygen atoms in total. The number of rotatable bonds is 10. The zero-order valence-corrected chi connectivity index (χ0v) is 15.9. The van der Waals surface area contributed by atoms with E-state index in [4.69, 9.17) is 9.84 Å². The summed E-state index contributed by atoms with van der Waals surface area (Å²) in [4.78, 5) is 47.5. The summed E-state index contributed by atoms with van der Waals surface area (Å²) < 4.78 is 4.81. The first kappa shape index (κ1) is 21.9. The lowest BCUT2D eigenvalue weighted by Gasteiger charge is -2.24. The number of nitrogens with one attached hydrogen (secondary N) is 3. The molecule has 4 N–H and O–H groups in total. The number of carbonyl (C=O) groups excluding carboxylic acids is 3. The summed E-state index contributed by atoms with van der Waals surface area (Å²) in [6.45, 7) is 7.66. The molecule has 0 bridgehead atoms. The third-order valence-corrected chi connectivity index (χ3v) is 3.92. The Labute approximate surface area is 153 Å². The Bertz CT molecular complexity index is 549. The van der Waals surface area contributed by atoms with E-state index in [1.165, 1.54) is 7.05 Å². The SMILES string of the molecule is CNC(=O)[C@H](CC(C)C)NC(=O)[C@H](CC(C)C)NC(=O)C1OC1C(=O)O. The van der Waals surface area contributed by atoms with E-state index in [1.54, 1.807) is 0 Å². The average Bonchev–Trinajstić information content (AvgIpc) is 3.32. The fourth-order valence-corrected chi connectivity index (χ4v) is 2.61. The first-order valence-corrected chi connectivity index (χ1v) is 8.77. The number of aliphatic carboxylic acids is 1. The van der Waals surface area contributed by atoms with Crippen molar-refractivity contribution in [3.8, 4) is 0 Å². The maximum Gasteiger partial charge on any atom is 0.336 e. The summed E-state index contributed by atoms with van der Waals surface area (Å²) in [7, 11) is 1.49. The van der Waals surface area contributed by atoms with Crippen molar-refractivity contribution in [2.75, 3.05) is 7.05 Å². The quantitative estimate of drug-likeness (QED) is 0.387. The summed E-state index contributed by atoms with van der Waals surface area (Å²) in [5, 5.41) is 16.6. The molecule has 0 aromatic heterocycles. The number of carboxylic acid groups (broad SMARTS) is 1. The Balaban J connectivity index is 2.77. The predicted octanol–water partition coefficient (Wildman–Crippen LogP) is -0.354. The number of hydrogen-bond acceptors (Lipinski definition) is 5. The van der Waals surface area contributed by atoms with Crippen molar-refractivity contribution in [2.24, 2.45) is 11.8 Å². The van der Waals surface area contributed by atoms with Crippen LogP contribution in [0.3, 0.4) is 0 Å². The smallest absolute Gasteiger partial charge is 0.336 e. The van der Waals surface area contributed by atoms with Crippen molar-refractivity contribution in [1.82, 2.24) is 16.0 Å². The van der Waals surface area contributed by atoms with Gasteiger partial charge in [-0.25, -0.2) is 4.79 Å². The first-order chi connectivity index (χ1) is 12.1. The zero-order chi connectivity index (χ0) is 20.0. The number of carbonyl (C=O) groups is 4. The number of epoxide rings is 1. The molecule has 148 valence electrons. The maximum absolute atomic E-state index is 12.6. The van der Waals surface area contributed by atoms with Gasteiger partial charge in [-0.3, -0.25) is 14.4 Å². The van der Waals surface area contributed by atoms with Gasteiger partial charge in [-0.05, 0) is 24.7 Å². The number of amides is 3. The van der Waals surface area contributed by atoms with E-state index in [2.05, 4.69) is 16.0 Å². The second kappa shape index (κ2) is 9.51. The number of likely N-dealkylation sites (N-methyl/N-ethyl adjacent to an activating group) is 1. The molecular formula is C17H29N3O6. The fraction of sp³-hybridized carbons (Fsp3) is 0.765. The molecule has 1 heterocycles. The molecule has 9 heteroatoms. The first-order valence-electron chi connectivity index (χ1n) is 8.77. The summed E-state index contributed by atoms with van der Waals surface area (Å²) >= 11 is 0. The van der Waals surface area contributed by atoms with Gasteiger partial charge >= 0.3 is 5.97 Å². The van der Waals surface area contributed by atoms with E-state index in [-0.39, 0.29) is 17.7 Å². The molecule has 0 radical (unpaired) electrons. The highest BCUT2D eigenvalue weighted by atomic mass is 16.6. The predicted molar refractivity (Wildman–Crippen MR) is 93.1 cm³/mol. The standard InChI is InChI=1S/C17H29N3O6/c1-8(2)6-10(14(21)18-5)19-15(22)11(7-9(3)4)20-16(23)12-13(26-12)17(24)25/h8-13H,6-7H2,1-5H3,(H,18,21)(H,19,22)(H,20,23)(H,24,25)/t10-,11-,12?,13?/m0/s1. The molecule has 1 saturated heterocycles. The van der Waals surface area contributed by atoms with Crippen LogP contribution < -0.4 is 16.0 Å². The van der Waals surface area contributed by atoms with Crippen LogP contribution in [0.15, 0.2) is 0 Å². The minimum Gasteiger partial charge on any atom is -0.479 e. The van der Waals surface area contributed by atoms with E-state index >= 15 is 0 Å². The summed E-state index contributed by atoms with van der Waals surface area (Å²) in [5.41, 5.74) is 0. The Morgan fingerprint density at radius 3 is 1.77 bits per heavy atom. The molecule has 1 rings (SSSR count). The van der Waals surface area contributed by atoms with Crippen molar-refractivity contribution >= 4 is 23.7 Å². The Morgan fingerprint density at radius 1 is 0.885 bits per heavy atom. The second-order valence-corrected chi connectivity index (χ2v) is 7.31.